The second-order valence-electron chi connectivity index (χ2n) is 5.19. The standard InChI is InChI=1S/C15H15ClN4O3/c16-13-6-5-12(7-14(13)20(22)23)18-9-10(8-17)15(21)19-11-3-1-2-4-11/h5-7,9,11,18H,1-4H2,(H,19,21)/b10-9-. The number of hydrogen-bond acceptors (Lipinski definition) is 5. The minimum atomic E-state index is -0.602. The van der Waals surface area contributed by atoms with Crippen LogP contribution in [0.1, 0.15) is 25.7 Å². The maximum Gasteiger partial charge on any atom is 0.289 e. The van der Waals surface area contributed by atoms with Crippen LogP contribution in [0.5, 0.6) is 0 Å². The Morgan fingerprint density at radius 2 is 2.13 bits per heavy atom. The maximum atomic E-state index is 12.0. The summed E-state index contributed by atoms with van der Waals surface area (Å²) in [5, 5.41) is 25.5. The molecule has 120 valence electrons. The van der Waals surface area contributed by atoms with E-state index in [0.717, 1.165) is 25.7 Å². The van der Waals surface area contributed by atoms with E-state index < -0.39 is 10.8 Å². The van der Waals surface area contributed by atoms with E-state index in [-0.39, 0.29) is 22.3 Å². The highest BCUT2D eigenvalue weighted by molar-refractivity contribution is 6.32. The first kappa shape index (κ1) is 16.8. The van der Waals surface area contributed by atoms with Crippen molar-refractivity contribution in [1.82, 2.24) is 5.32 Å². The lowest BCUT2D eigenvalue weighted by Gasteiger charge is -2.11. The zero-order chi connectivity index (χ0) is 16.8. The van der Waals surface area contributed by atoms with Crippen molar-refractivity contribution in [2.45, 2.75) is 31.7 Å². The first-order chi connectivity index (χ1) is 11.0. The highest BCUT2D eigenvalue weighted by Crippen LogP contribution is 2.27. The predicted molar refractivity (Wildman–Crippen MR) is 85.8 cm³/mol. The lowest BCUT2D eigenvalue weighted by atomic mass is 10.2. The minimum Gasteiger partial charge on any atom is -0.360 e. The summed E-state index contributed by atoms with van der Waals surface area (Å²) in [4.78, 5) is 22.2. The van der Waals surface area contributed by atoms with Gasteiger partial charge in [-0.3, -0.25) is 14.9 Å². The van der Waals surface area contributed by atoms with Gasteiger partial charge >= 0.3 is 0 Å². The molecule has 1 saturated carbocycles. The summed E-state index contributed by atoms with van der Waals surface area (Å²) in [5.41, 5.74) is 0.0241. The summed E-state index contributed by atoms with van der Waals surface area (Å²) in [5.74, 6) is -0.449. The van der Waals surface area contributed by atoms with Crippen LogP contribution in [0.3, 0.4) is 0 Å². The van der Waals surface area contributed by atoms with E-state index in [1.54, 1.807) is 0 Å². The van der Waals surface area contributed by atoms with Crippen LogP contribution >= 0.6 is 11.6 Å². The molecule has 2 N–H and O–H groups in total. The van der Waals surface area contributed by atoms with E-state index >= 15 is 0 Å². The van der Waals surface area contributed by atoms with E-state index in [1.165, 1.54) is 24.4 Å². The highest BCUT2D eigenvalue weighted by atomic mass is 35.5. The topological polar surface area (TPSA) is 108 Å². The number of carbonyl (C=O) groups excluding carboxylic acids is 1. The van der Waals surface area contributed by atoms with Gasteiger partial charge in [0.2, 0.25) is 0 Å². The largest absolute Gasteiger partial charge is 0.360 e. The fourth-order valence-electron chi connectivity index (χ4n) is 2.38. The smallest absolute Gasteiger partial charge is 0.289 e. The number of hydrogen-bond donors (Lipinski definition) is 2. The maximum absolute atomic E-state index is 12.0. The van der Waals surface area contributed by atoms with Gasteiger partial charge in [-0.25, -0.2) is 0 Å². The quantitative estimate of drug-likeness (QED) is 0.372. The van der Waals surface area contributed by atoms with E-state index in [4.69, 9.17) is 16.9 Å². The van der Waals surface area contributed by atoms with Gasteiger partial charge in [0.1, 0.15) is 16.7 Å². The summed E-state index contributed by atoms with van der Waals surface area (Å²) in [6, 6.07) is 6.07. The molecule has 8 heteroatoms. The Labute approximate surface area is 138 Å². The number of halogens is 1. The Balaban J connectivity index is 2.07. The molecule has 7 nitrogen and oxygen atoms in total. The van der Waals surface area contributed by atoms with E-state index in [0.29, 0.717) is 5.69 Å². The van der Waals surface area contributed by atoms with Gasteiger partial charge in [-0.05, 0) is 25.0 Å². The van der Waals surface area contributed by atoms with E-state index in [9.17, 15) is 14.9 Å². The molecule has 0 aromatic heterocycles. The average Bonchev–Trinajstić information content (AvgIpc) is 3.02. The molecule has 0 bridgehead atoms. The van der Waals surface area contributed by atoms with Crippen LogP contribution in [-0.2, 0) is 4.79 Å². The Bertz CT molecular complexity index is 690. The summed E-state index contributed by atoms with van der Waals surface area (Å²) >= 11 is 5.73. The Hall–Kier alpha value is -2.59. The van der Waals surface area contributed by atoms with Crippen LogP contribution in [0.15, 0.2) is 30.0 Å². The van der Waals surface area contributed by atoms with Crippen LogP contribution in [0.25, 0.3) is 0 Å². The summed E-state index contributed by atoms with van der Waals surface area (Å²) in [7, 11) is 0. The molecule has 1 aliphatic rings. The third kappa shape index (κ3) is 4.44. The van der Waals surface area contributed by atoms with Crippen molar-refractivity contribution in [3.63, 3.8) is 0 Å². The lowest BCUT2D eigenvalue weighted by Crippen LogP contribution is -2.33. The molecule has 1 aromatic carbocycles. The van der Waals surface area contributed by atoms with Gasteiger partial charge in [-0.2, -0.15) is 5.26 Å². The number of rotatable bonds is 5. The van der Waals surface area contributed by atoms with Crippen molar-refractivity contribution in [2.24, 2.45) is 0 Å². The monoisotopic (exact) mass is 334 g/mol. The van der Waals surface area contributed by atoms with Gasteiger partial charge in [0.05, 0.1) is 4.92 Å². The highest BCUT2D eigenvalue weighted by Gasteiger charge is 2.19. The molecule has 23 heavy (non-hydrogen) atoms. The van der Waals surface area contributed by atoms with Gasteiger partial charge in [0, 0.05) is 24.0 Å². The summed E-state index contributed by atoms with van der Waals surface area (Å²) in [6.07, 6.45) is 5.21. The number of nitro groups is 1. The number of carbonyl (C=O) groups is 1. The Kier molecular flexibility index (Phi) is 5.55. The van der Waals surface area contributed by atoms with E-state index in [1.807, 2.05) is 6.07 Å². The number of benzene rings is 1. The fraction of sp³-hybridized carbons (Fsp3) is 0.333. The Morgan fingerprint density at radius 3 is 2.74 bits per heavy atom. The number of anilines is 1. The van der Waals surface area contributed by atoms with Gasteiger partial charge in [0.25, 0.3) is 11.6 Å². The van der Waals surface area contributed by atoms with Crippen molar-refractivity contribution in [1.29, 1.82) is 5.26 Å². The minimum absolute atomic E-state index is 0.0176. The van der Waals surface area contributed by atoms with Crippen molar-refractivity contribution < 1.29 is 9.72 Å². The first-order valence-corrected chi connectivity index (χ1v) is 7.50. The van der Waals surface area contributed by atoms with Crippen LogP contribution in [0, 0.1) is 21.4 Å². The normalized spacial score (nSPS) is 15.0. The van der Waals surface area contributed by atoms with Gasteiger partial charge in [0.15, 0.2) is 0 Å². The molecule has 1 fully saturated rings. The van der Waals surface area contributed by atoms with Gasteiger partial charge in [-0.1, -0.05) is 24.4 Å². The molecular formula is C15H15ClN4O3. The molecule has 1 aliphatic carbocycles. The molecule has 2 rings (SSSR count). The number of nitrogens with one attached hydrogen (secondary N) is 2. The van der Waals surface area contributed by atoms with Crippen molar-refractivity contribution >= 4 is 28.9 Å². The van der Waals surface area contributed by atoms with Crippen molar-refractivity contribution in [3.05, 3.63) is 45.1 Å². The average molecular weight is 335 g/mol. The first-order valence-electron chi connectivity index (χ1n) is 7.13. The van der Waals surface area contributed by atoms with Crippen molar-refractivity contribution in [3.8, 4) is 6.07 Å². The van der Waals surface area contributed by atoms with Crippen LogP contribution < -0.4 is 10.6 Å². The van der Waals surface area contributed by atoms with Crippen LogP contribution in [-0.4, -0.2) is 16.9 Å². The SMILES string of the molecule is N#C/C(=C/Nc1ccc(Cl)c([N+](=O)[O-])c1)C(=O)NC1CCCC1. The third-order valence-corrected chi connectivity index (χ3v) is 3.90. The zero-order valence-corrected chi connectivity index (χ0v) is 13.0. The fourth-order valence-corrected chi connectivity index (χ4v) is 2.57. The molecule has 0 atom stereocenters. The molecule has 0 heterocycles. The predicted octanol–water partition coefficient (Wildman–Crippen LogP) is 3.13. The summed E-state index contributed by atoms with van der Waals surface area (Å²) in [6.45, 7) is 0. The number of nitriles is 1. The van der Waals surface area contributed by atoms with E-state index in [2.05, 4.69) is 10.6 Å². The lowest BCUT2D eigenvalue weighted by molar-refractivity contribution is -0.384. The molecule has 0 unspecified atom stereocenters. The number of nitro benzene ring substituents is 1. The van der Waals surface area contributed by atoms with Crippen LogP contribution in [0.4, 0.5) is 11.4 Å². The van der Waals surface area contributed by atoms with Crippen LogP contribution in [0.2, 0.25) is 5.02 Å². The molecule has 0 spiro atoms. The number of amides is 1. The summed E-state index contributed by atoms with van der Waals surface area (Å²) < 4.78 is 0. The second-order valence-corrected chi connectivity index (χ2v) is 5.60. The zero-order valence-electron chi connectivity index (χ0n) is 12.2. The molecule has 1 aromatic rings. The third-order valence-electron chi connectivity index (χ3n) is 3.58. The molecule has 0 radical (unpaired) electrons. The molecule has 1 amide bonds. The Morgan fingerprint density at radius 1 is 1.43 bits per heavy atom. The van der Waals surface area contributed by atoms with Gasteiger partial charge in [-0.15, -0.1) is 0 Å². The van der Waals surface area contributed by atoms with Crippen molar-refractivity contribution in [2.75, 3.05) is 5.32 Å². The molecule has 0 aliphatic heterocycles. The van der Waals surface area contributed by atoms with Gasteiger partial charge < -0.3 is 10.6 Å². The second kappa shape index (κ2) is 7.61. The number of nitrogens with zero attached hydrogens (tertiary/aromatic N) is 2. The molecular weight excluding hydrogens is 320 g/mol. The molecule has 0 saturated heterocycles.